The van der Waals surface area contributed by atoms with Gasteiger partial charge in [0, 0.05) is 16.8 Å². The van der Waals surface area contributed by atoms with Crippen molar-refractivity contribution in [1.29, 1.82) is 0 Å². The quantitative estimate of drug-likeness (QED) is 0.692. The molecule has 2 atom stereocenters. The highest BCUT2D eigenvalue weighted by molar-refractivity contribution is 7.85. The van der Waals surface area contributed by atoms with Crippen LogP contribution in [-0.4, -0.2) is 34.3 Å². The van der Waals surface area contributed by atoms with E-state index in [1.54, 1.807) is 12.1 Å². The van der Waals surface area contributed by atoms with Gasteiger partial charge in [0.05, 0.1) is 12.4 Å². The molecule has 6 heteroatoms. The Hall–Kier alpha value is -2.21. The van der Waals surface area contributed by atoms with E-state index in [0.717, 1.165) is 12.8 Å². The predicted molar refractivity (Wildman–Crippen MR) is 102 cm³/mol. The number of para-hydroxylation sites is 1. The van der Waals surface area contributed by atoms with Gasteiger partial charge in [-0.15, -0.1) is 0 Å². The number of ether oxygens (including phenoxy) is 1. The second kappa shape index (κ2) is 10.7. The van der Waals surface area contributed by atoms with Gasteiger partial charge in [-0.3, -0.25) is 9.00 Å². The van der Waals surface area contributed by atoms with Gasteiger partial charge in [0.25, 0.3) is 0 Å². The first kappa shape index (κ1) is 20.1. The first-order chi connectivity index (χ1) is 12.5. The lowest BCUT2D eigenvalue weighted by molar-refractivity contribution is -0.119. The zero-order valence-corrected chi connectivity index (χ0v) is 15.6. The molecule has 0 aliphatic carbocycles. The van der Waals surface area contributed by atoms with Crippen molar-refractivity contribution in [1.82, 2.24) is 5.32 Å². The van der Waals surface area contributed by atoms with Crippen LogP contribution in [0.4, 0.5) is 4.39 Å². The summed E-state index contributed by atoms with van der Waals surface area (Å²) in [6, 6.07) is 16.1. The number of carbonyl (C=O) groups excluding carboxylic acids is 1. The van der Waals surface area contributed by atoms with Crippen LogP contribution in [-0.2, 0) is 22.0 Å². The molecule has 1 N–H and O–H groups in total. The Labute approximate surface area is 156 Å². The summed E-state index contributed by atoms with van der Waals surface area (Å²) < 4.78 is 30.6. The normalized spacial score (nSPS) is 13.0. The van der Waals surface area contributed by atoms with Gasteiger partial charge in [-0.25, -0.2) is 4.39 Å². The van der Waals surface area contributed by atoms with E-state index in [4.69, 9.17) is 4.74 Å². The molecule has 0 aliphatic rings. The van der Waals surface area contributed by atoms with Crippen LogP contribution < -0.4 is 10.1 Å². The first-order valence-corrected chi connectivity index (χ1v) is 10.1. The average Bonchev–Trinajstić information content (AvgIpc) is 2.62. The highest BCUT2D eigenvalue weighted by Crippen LogP contribution is 2.15. The van der Waals surface area contributed by atoms with Gasteiger partial charge in [-0.2, -0.15) is 0 Å². The molecule has 0 fully saturated rings. The molecule has 0 saturated carbocycles. The lowest BCUT2D eigenvalue weighted by Gasteiger charge is -2.14. The van der Waals surface area contributed by atoms with E-state index in [0.29, 0.717) is 0 Å². The van der Waals surface area contributed by atoms with Crippen LogP contribution in [0, 0.1) is 5.82 Å². The average molecular weight is 377 g/mol. The smallest absolute Gasteiger partial charge is 0.232 e. The Kier molecular flexibility index (Phi) is 8.28. The van der Waals surface area contributed by atoms with Crippen molar-refractivity contribution in [2.75, 3.05) is 18.1 Å². The minimum Gasteiger partial charge on any atom is -0.490 e. The van der Waals surface area contributed by atoms with Gasteiger partial charge in [-0.1, -0.05) is 42.5 Å². The number of hydrogen-bond acceptors (Lipinski definition) is 3. The molecule has 2 aromatic rings. The highest BCUT2D eigenvalue weighted by atomic mass is 32.2. The van der Waals surface area contributed by atoms with Crippen LogP contribution in [0.25, 0.3) is 0 Å². The number of aryl methyl sites for hydroxylation is 1. The summed E-state index contributed by atoms with van der Waals surface area (Å²) in [5.41, 5.74) is 1.22. The molecule has 0 bridgehead atoms. The molecule has 140 valence electrons. The summed E-state index contributed by atoms with van der Waals surface area (Å²) in [7, 11) is -1.35. The maximum Gasteiger partial charge on any atom is 0.232 e. The molecule has 0 unspecified atom stereocenters. The Balaban J connectivity index is 1.63. The molecule has 0 heterocycles. The molecule has 2 rings (SSSR count). The molecule has 0 radical (unpaired) electrons. The minimum absolute atomic E-state index is 0.00868. The Morgan fingerprint density at radius 2 is 1.85 bits per heavy atom. The topological polar surface area (TPSA) is 55.4 Å². The molecule has 0 saturated heterocycles. The van der Waals surface area contributed by atoms with Crippen LogP contribution in [0.3, 0.4) is 0 Å². The fourth-order valence-corrected chi connectivity index (χ4v) is 3.23. The van der Waals surface area contributed by atoms with Crippen LogP contribution in [0.5, 0.6) is 5.75 Å². The number of rotatable bonds is 10. The number of amides is 1. The van der Waals surface area contributed by atoms with Gasteiger partial charge in [0.15, 0.2) is 11.6 Å². The van der Waals surface area contributed by atoms with E-state index in [-0.39, 0.29) is 35.8 Å². The molecule has 2 aromatic carbocycles. The zero-order valence-electron chi connectivity index (χ0n) is 14.8. The van der Waals surface area contributed by atoms with Gasteiger partial charge >= 0.3 is 0 Å². The fraction of sp³-hybridized carbons (Fsp3) is 0.350. The number of carbonyl (C=O) groups is 1. The largest absolute Gasteiger partial charge is 0.490 e. The van der Waals surface area contributed by atoms with Crippen molar-refractivity contribution in [3.8, 4) is 5.75 Å². The monoisotopic (exact) mass is 377 g/mol. The molecule has 4 nitrogen and oxygen atoms in total. The Morgan fingerprint density at radius 1 is 1.15 bits per heavy atom. The van der Waals surface area contributed by atoms with Crippen molar-refractivity contribution in [2.45, 2.75) is 25.8 Å². The lowest BCUT2D eigenvalue weighted by atomic mass is 10.1. The summed E-state index contributed by atoms with van der Waals surface area (Å²) in [5, 5.41) is 2.87. The van der Waals surface area contributed by atoms with Crippen LogP contribution >= 0.6 is 0 Å². The summed E-state index contributed by atoms with van der Waals surface area (Å²) in [6.45, 7) is 2.04. The summed E-state index contributed by atoms with van der Waals surface area (Å²) in [6.07, 6.45) is 1.70. The second-order valence-corrected chi connectivity index (χ2v) is 7.64. The molecular weight excluding hydrogens is 353 g/mol. The van der Waals surface area contributed by atoms with Crippen molar-refractivity contribution in [2.24, 2.45) is 0 Å². The van der Waals surface area contributed by atoms with Crippen molar-refractivity contribution >= 4 is 16.7 Å². The maximum absolute atomic E-state index is 13.4. The van der Waals surface area contributed by atoms with Crippen LogP contribution in [0.1, 0.15) is 18.9 Å². The van der Waals surface area contributed by atoms with Crippen molar-refractivity contribution in [3.63, 3.8) is 0 Å². The highest BCUT2D eigenvalue weighted by Gasteiger charge is 2.12. The summed E-state index contributed by atoms with van der Waals surface area (Å²) in [5.74, 6) is -0.460. The number of benzene rings is 2. The molecule has 0 spiro atoms. The van der Waals surface area contributed by atoms with E-state index < -0.39 is 16.6 Å². The van der Waals surface area contributed by atoms with E-state index in [1.165, 1.54) is 17.7 Å². The predicted octanol–water partition coefficient (Wildman–Crippen LogP) is 3.09. The van der Waals surface area contributed by atoms with Gasteiger partial charge in [-0.05, 0) is 37.5 Å². The Morgan fingerprint density at radius 3 is 2.58 bits per heavy atom. The SMILES string of the molecule is C[C@H](CCc1ccccc1)NC(=O)C[S@@](=O)CCOc1ccccc1F. The number of hydrogen-bond donors (Lipinski definition) is 1. The van der Waals surface area contributed by atoms with Crippen molar-refractivity contribution < 1.29 is 18.1 Å². The number of nitrogens with one attached hydrogen (secondary N) is 1. The van der Waals surface area contributed by atoms with E-state index in [1.807, 2.05) is 25.1 Å². The molecule has 1 amide bonds. The third-order valence-electron chi connectivity index (χ3n) is 3.81. The summed E-state index contributed by atoms with van der Waals surface area (Å²) in [4.78, 5) is 12.0. The first-order valence-electron chi connectivity index (χ1n) is 8.60. The van der Waals surface area contributed by atoms with E-state index in [9.17, 15) is 13.4 Å². The van der Waals surface area contributed by atoms with Gasteiger partial charge in [0.2, 0.25) is 5.91 Å². The van der Waals surface area contributed by atoms with Gasteiger partial charge in [0.1, 0.15) is 5.75 Å². The standard InChI is InChI=1S/C20H24FNO3S/c1-16(11-12-17-7-3-2-4-8-17)22-20(23)15-26(24)14-13-25-19-10-6-5-9-18(19)21/h2-10,16H,11-15H2,1H3,(H,22,23)/t16-,26+/m1/s1. The van der Waals surface area contributed by atoms with Crippen LogP contribution in [0.15, 0.2) is 54.6 Å². The maximum atomic E-state index is 13.4. The third kappa shape index (κ3) is 7.35. The zero-order chi connectivity index (χ0) is 18.8. The Bertz CT molecular complexity index is 724. The molecule has 0 aromatic heterocycles. The minimum atomic E-state index is -1.35. The number of halogens is 1. The molecule has 0 aliphatic heterocycles. The van der Waals surface area contributed by atoms with Crippen molar-refractivity contribution in [3.05, 3.63) is 66.0 Å². The fourth-order valence-electron chi connectivity index (χ4n) is 2.44. The summed E-state index contributed by atoms with van der Waals surface area (Å²) >= 11 is 0. The van der Waals surface area contributed by atoms with Gasteiger partial charge < -0.3 is 10.1 Å². The molecule has 26 heavy (non-hydrogen) atoms. The third-order valence-corrected chi connectivity index (χ3v) is 5.02. The molecular formula is C20H24FNO3S. The second-order valence-electron chi connectivity index (χ2n) is 6.06. The van der Waals surface area contributed by atoms with Crippen LogP contribution in [0.2, 0.25) is 0 Å². The van der Waals surface area contributed by atoms with E-state index >= 15 is 0 Å². The van der Waals surface area contributed by atoms with E-state index in [2.05, 4.69) is 17.4 Å². The lowest BCUT2D eigenvalue weighted by Crippen LogP contribution is -2.36.